The summed E-state index contributed by atoms with van der Waals surface area (Å²) in [6.07, 6.45) is 7.08. The number of rotatable bonds is 4. The Bertz CT molecular complexity index is 1460. The molecule has 2 aromatic carbocycles. The summed E-state index contributed by atoms with van der Waals surface area (Å²) in [5.74, 6) is 0.902. The van der Waals surface area contributed by atoms with E-state index in [0.717, 1.165) is 59.9 Å². The van der Waals surface area contributed by atoms with Crippen molar-refractivity contribution in [3.8, 4) is 28.5 Å². The standard InChI is InChI=1S/C29H30N6O/c1-33(2)24-9-12-34(13-10-24)29-32-27(20-5-3-19(18-30)4-6-20)26(28-31-11-14-35(28)29)22-8-7-21-16-25(36)17-23(21)15-22/h3-8,11,14-15,24-25,36H,9-10,12-13,16-17H2,1-2H3. The van der Waals surface area contributed by atoms with Crippen LogP contribution in [0.5, 0.6) is 0 Å². The fourth-order valence-corrected chi connectivity index (χ4v) is 5.70. The zero-order chi connectivity index (χ0) is 24.8. The molecule has 36 heavy (non-hydrogen) atoms. The molecule has 1 unspecified atom stereocenters. The second-order valence-corrected chi connectivity index (χ2v) is 10.2. The summed E-state index contributed by atoms with van der Waals surface area (Å²) in [4.78, 5) is 14.8. The highest BCUT2D eigenvalue weighted by molar-refractivity contribution is 5.91. The molecule has 2 aliphatic rings. The molecule has 4 aromatic rings. The maximum absolute atomic E-state index is 10.2. The Labute approximate surface area is 211 Å². The van der Waals surface area contributed by atoms with Gasteiger partial charge in [-0.2, -0.15) is 5.26 Å². The lowest BCUT2D eigenvalue weighted by atomic mass is 9.96. The normalized spacial score (nSPS) is 18.1. The summed E-state index contributed by atoms with van der Waals surface area (Å²) in [6.45, 7) is 1.87. The van der Waals surface area contributed by atoms with E-state index in [0.29, 0.717) is 24.4 Å². The molecule has 7 heteroatoms. The first-order valence-corrected chi connectivity index (χ1v) is 12.6. The van der Waals surface area contributed by atoms with Crippen molar-refractivity contribution in [3.05, 3.63) is 71.5 Å². The molecule has 6 rings (SSSR count). The van der Waals surface area contributed by atoms with Crippen LogP contribution < -0.4 is 4.90 Å². The van der Waals surface area contributed by atoms with Gasteiger partial charge in [0.25, 0.3) is 0 Å². The van der Waals surface area contributed by atoms with E-state index in [-0.39, 0.29) is 6.10 Å². The minimum absolute atomic E-state index is 0.315. The fraction of sp³-hybridized carbons (Fsp3) is 0.345. The zero-order valence-electron chi connectivity index (χ0n) is 20.7. The molecule has 0 spiro atoms. The molecular formula is C29H30N6O. The highest BCUT2D eigenvalue weighted by Gasteiger charge is 2.27. The number of imidazole rings is 1. The highest BCUT2D eigenvalue weighted by Crippen LogP contribution is 2.38. The van der Waals surface area contributed by atoms with Crippen molar-refractivity contribution in [1.29, 1.82) is 5.26 Å². The van der Waals surface area contributed by atoms with Crippen LogP contribution in [0.4, 0.5) is 5.95 Å². The number of benzene rings is 2. The number of piperidine rings is 1. The number of anilines is 1. The van der Waals surface area contributed by atoms with Crippen LogP contribution in [-0.2, 0) is 12.8 Å². The first-order chi connectivity index (χ1) is 17.5. The summed E-state index contributed by atoms with van der Waals surface area (Å²) in [5, 5.41) is 19.5. The molecule has 0 radical (unpaired) electrons. The average molecular weight is 479 g/mol. The van der Waals surface area contributed by atoms with E-state index in [1.54, 1.807) is 0 Å². The smallest absolute Gasteiger partial charge is 0.211 e. The molecule has 1 N–H and O–H groups in total. The quantitative estimate of drug-likeness (QED) is 0.479. The van der Waals surface area contributed by atoms with E-state index in [1.807, 2.05) is 36.7 Å². The van der Waals surface area contributed by atoms with Crippen LogP contribution in [0.1, 0.15) is 29.5 Å². The second kappa shape index (κ2) is 9.05. The molecular weight excluding hydrogens is 448 g/mol. The van der Waals surface area contributed by atoms with Gasteiger partial charge in [-0.25, -0.2) is 9.97 Å². The fourth-order valence-electron chi connectivity index (χ4n) is 5.70. The molecule has 1 fully saturated rings. The lowest BCUT2D eigenvalue weighted by molar-refractivity contribution is 0.187. The predicted octanol–water partition coefficient (Wildman–Crippen LogP) is 3.92. The van der Waals surface area contributed by atoms with Crippen LogP contribution in [0.2, 0.25) is 0 Å². The van der Waals surface area contributed by atoms with Crippen LogP contribution in [0.15, 0.2) is 54.9 Å². The number of hydrogen-bond donors (Lipinski definition) is 1. The van der Waals surface area contributed by atoms with Crippen molar-refractivity contribution in [3.63, 3.8) is 0 Å². The Morgan fingerprint density at radius 3 is 2.44 bits per heavy atom. The monoisotopic (exact) mass is 478 g/mol. The van der Waals surface area contributed by atoms with Gasteiger partial charge in [-0.3, -0.25) is 4.40 Å². The third kappa shape index (κ3) is 3.93. The maximum Gasteiger partial charge on any atom is 0.211 e. The number of aliphatic hydroxyl groups excluding tert-OH is 1. The third-order valence-corrected chi connectivity index (χ3v) is 7.70. The van der Waals surface area contributed by atoms with E-state index in [2.05, 4.69) is 52.6 Å². The van der Waals surface area contributed by atoms with Crippen molar-refractivity contribution < 1.29 is 5.11 Å². The van der Waals surface area contributed by atoms with Gasteiger partial charge in [0, 0.05) is 37.1 Å². The third-order valence-electron chi connectivity index (χ3n) is 7.70. The summed E-state index contributed by atoms with van der Waals surface area (Å²) in [5.41, 5.74) is 7.72. The van der Waals surface area contributed by atoms with E-state index in [4.69, 9.17) is 9.97 Å². The van der Waals surface area contributed by atoms with Crippen LogP contribution >= 0.6 is 0 Å². The number of nitrogens with zero attached hydrogens (tertiary/aromatic N) is 6. The van der Waals surface area contributed by atoms with Crippen LogP contribution in [-0.4, -0.2) is 63.7 Å². The van der Waals surface area contributed by atoms with E-state index < -0.39 is 0 Å². The van der Waals surface area contributed by atoms with Gasteiger partial charge >= 0.3 is 0 Å². The van der Waals surface area contributed by atoms with Crippen LogP contribution in [0.25, 0.3) is 28.0 Å². The molecule has 3 heterocycles. The molecule has 1 aliphatic carbocycles. The van der Waals surface area contributed by atoms with Crippen molar-refractivity contribution in [2.75, 3.05) is 32.1 Å². The van der Waals surface area contributed by atoms with Crippen LogP contribution in [0, 0.1) is 11.3 Å². The summed E-state index contributed by atoms with van der Waals surface area (Å²) in [6, 6.07) is 16.9. The van der Waals surface area contributed by atoms with Crippen LogP contribution in [0.3, 0.4) is 0 Å². The van der Waals surface area contributed by atoms with Crippen molar-refractivity contribution in [2.24, 2.45) is 0 Å². The maximum atomic E-state index is 10.2. The van der Waals surface area contributed by atoms with Gasteiger partial charge in [0.2, 0.25) is 5.95 Å². The molecule has 1 saturated heterocycles. The Hall–Kier alpha value is -3.73. The predicted molar refractivity (Wildman–Crippen MR) is 141 cm³/mol. The lowest BCUT2D eigenvalue weighted by Gasteiger charge is -2.36. The molecule has 0 saturated carbocycles. The Morgan fingerprint density at radius 1 is 1.00 bits per heavy atom. The Morgan fingerprint density at radius 2 is 1.72 bits per heavy atom. The molecule has 0 amide bonds. The van der Waals surface area contributed by atoms with E-state index in [1.165, 1.54) is 11.1 Å². The number of fused-ring (bicyclic) bond motifs is 2. The van der Waals surface area contributed by atoms with Crippen molar-refractivity contribution in [2.45, 2.75) is 37.8 Å². The van der Waals surface area contributed by atoms with Gasteiger partial charge in [-0.15, -0.1) is 0 Å². The molecule has 0 bridgehead atoms. The largest absolute Gasteiger partial charge is 0.392 e. The van der Waals surface area contributed by atoms with Gasteiger partial charge in [-0.1, -0.05) is 30.3 Å². The first kappa shape index (κ1) is 22.7. The Kier molecular flexibility index (Phi) is 5.71. The Balaban J connectivity index is 1.52. The molecule has 2 aromatic heterocycles. The van der Waals surface area contributed by atoms with Crippen molar-refractivity contribution >= 4 is 11.6 Å². The van der Waals surface area contributed by atoms with Gasteiger partial charge in [0.05, 0.1) is 29.0 Å². The summed E-state index contributed by atoms with van der Waals surface area (Å²) >= 11 is 0. The molecule has 7 nitrogen and oxygen atoms in total. The average Bonchev–Trinajstić information content (AvgIpc) is 3.53. The molecule has 182 valence electrons. The summed E-state index contributed by atoms with van der Waals surface area (Å²) < 4.78 is 2.11. The van der Waals surface area contributed by atoms with E-state index >= 15 is 0 Å². The summed E-state index contributed by atoms with van der Waals surface area (Å²) in [7, 11) is 4.31. The van der Waals surface area contributed by atoms with Gasteiger partial charge < -0.3 is 14.9 Å². The van der Waals surface area contributed by atoms with Gasteiger partial charge in [0.15, 0.2) is 0 Å². The van der Waals surface area contributed by atoms with E-state index in [9.17, 15) is 10.4 Å². The number of nitriles is 1. The van der Waals surface area contributed by atoms with Gasteiger partial charge in [-0.05, 0) is 68.6 Å². The first-order valence-electron chi connectivity index (χ1n) is 12.6. The second-order valence-electron chi connectivity index (χ2n) is 10.2. The topological polar surface area (TPSA) is 80.7 Å². The minimum Gasteiger partial charge on any atom is -0.392 e. The molecule has 1 aliphatic heterocycles. The molecule has 1 atom stereocenters. The number of hydrogen-bond acceptors (Lipinski definition) is 6. The SMILES string of the molecule is CN(C)C1CCN(c2nc(-c3ccc(C#N)cc3)c(-c3ccc4c(c3)CC(O)C4)c3nccn23)CC1. The van der Waals surface area contributed by atoms with Gasteiger partial charge in [0.1, 0.15) is 5.65 Å². The minimum atomic E-state index is -0.315. The van der Waals surface area contributed by atoms with Crippen molar-refractivity contribution in [1.82, 2.24) is 19.3 Å². The highest BCUT2D eigenvalue weighted by atomic mass is 16.3. The zero-order valence-corrected chi connectivity index (χ0v) is 20.7. The number of aliphatic hydroxyl groups is 1. The lowest BCUT2D eigenvalue weighted by Crippen LogP contribution is -2.43. The number of aromatic nitrogens is 3.